The molecular weight excluding hydrogens is 222 g/mol. The molecule has 14 heavy (non-hydrogen) atoms. The minimum atomic E-state index is -3.37. The Morgan fingerprint density at radius 1 is 1.29 bits per heavy atom. The first kappa shape index (κ1) is 11.5. The van der Waals surface area contributed by atoms with Crippen LogP contribution in [0.5, 0.6) is 0 Å². The van der Waals surface area contributed by atoms with Crippen molar-refractivity contribution in [1.29, 1.82) is 0 Å². The van der Waals surface area contributed by atoms with E-state index < -0.39 is 10.0 Å². The summed E-state index contributed by atoms with van der Waals surface area (Å²) < 4.78 is 25.4. The molecule has 0 bridgehead atoms. The number of aryl methyl sites for hydroxylation is 1. The fourth-order valence-corrected chi connectivity index (χ4v) is 2.21. The van der Waals surface area contributed by atoms with Crippen molar-refractivity contribution in [3.8, 4) is 0 Å². The molecular formula is C9H12ClNO2S. The van der Waals surface area contributed by atoms with E-state index in [-0.39, 0.29) is 17.3 Å². The summed E-state index contributed by atoms with van der Waals surface area (Å²) in [5, 5.41) is 0. The number of hydrogen-bond acceptors (Lipinski definition) is 2. The van der Waals surface area contributed by atoms with E-state index in [0.29, 0.717) is 0 Å². The van der Waals surface area contributed by atoms with Crippen LogP contribution in [-0.2, 0) is 10.0 Å². The molecule has 0 heterocycles. The number of nitrogens with one attached hydrogen (secondary N) is 1. The van der Waals surface area contributed by atoms with Crippen LogP contribution in [0.3, 0.4) is 0 Å². The third-order valence-corrected chi connectivity index (χ3v) is 3.38. The maximum Gasteiger partial charge on any atom is 0.240 e. The van der Waals surface area contributed by atoms with Crippen molar-refractivity contribution in [2.45, 2.75) is 11.8 Å². The predicted molar refractivity (Wildman–Crippen MR) is 57.1 cm³/mol. The zero-order chi connectivity index (χ0) is 10.6. The Morgan fingerprint density at radius 2 is 1.86 bits per heavy atom. The first-order valence-electron chi connectivity index (χ1n) is 4.18. The third-order valence-electron chi connectivity index (χ3n) is 1.72. The summed E-state index contributed by atoms with van der Waals surface area (Å²) in [4.78, 5) is 0.271. The van der Waals surface area contributed by atoms with Crippen molar-refractivity contribution in [3.63, 3.8) is 0 Å². The van der Waals surface area contributed by atoms with Gasteiger partial charge in [0.2, 0.25) is 10.0 Å². The molecule has 1 aromatic carbocycles. The van der Waals surface area contributed by atoms with Crippen LogP contribution >= 0.6 is 11.6 Å². The van der Waals surface area contributed by atoms with E-state index in [1.165, 1.54) is 0 Å². The van der Waals surface area contributed by atoms with Crippen molar-refractivity contribution in [3.05, 3.63) is 29.8 Å². The second-order valence-electron chi connectivity index (χ2n) is 2.90. The van der Waals surface area contributed by atoms with Gasteiger partial charge in [-0.15, -0.1) is 11.6 Å². The van der Waals surface area contributed by atoms with Gasteiger partial charge in [-0.2, -0.15) is 0 Å². The van der Waals surface area contributed by atoms with Gasteiger partial charge in [0.05, 0.1) is 4.90 Å². The topological polar surface area (TPSA) is 46.2 Å². The maximum absolute atomic E-state index is 11.5. The molecule has 0 aromatic heterocycles. The highest BCUT2D eigenvalue weighted by molar-refractivity contribution is 7.89. The lowest BCUT2D eigenvalue weighted by molar-refractivity contribution is 0.584. The van der Waals surface area contributed by atoms with Crippen LogP contribution in [0.25, 0.3) is 0 Å². The summed E-state index contributed by atoms with van der Waals surface area (Å²) in [5.74, 6) is 0.269. The Kier molecular flexibility index (Phi) is 3.92. The lowest BCUT2D eigenvalue weighted by atomic mass is 10.2. The van der Waals surface area contributed by atoms with Crippen LogP contribution in [0.1, 0.15) is 5.56 Å². The first-order chi connectivity index (χ1) is 6.56. The quantitative estimate of drug-likeness (QED) is 0.802. The Labute approximate surface area is 89.1 Å². The van der Waals surface area contributed by atoms with Crippen LogP contribution in [-0.4, -0.2) is 20.8 Å². The molecule has 0 saturated carbocycles. The van der Waals surface area contributed by atoms with Crippen LogP contribution in [0.2, 0.25) is 0 Å². The van der Waals surface area contributed by atoms with Crippen molar-refractivity contribution >= 4 is 21.6 Å². The molecule has 0 unspecified atom stereocenters. The summed E-state index contributed by atoms with van der Waals surface area (Å²) in [6.07, 6.45) is 0. The molecule has 1 N–H and O–H groups in total. The average Bonchev–Trinajstić information content (AvgIpc) is 2.16. The number of halogens is 1. The molecule has 5 heteroatoms. The summed E-state index contributed by atoms with van der Waals surface area (Å²) in [5.41, 5.74) is 1.03. The number of sulfonamides is 1. The van der Waals surface area contributed by atoms with Gasteiger partial charge in [0, 0.05) is 12.4 Å². The van der Waals surface area contributed by atoms with Crippen molar-refractivity contribution in [1.82, 2.24) is 4.72 Å². The molecule has 0 amide bonds. The lowest BCUT2D eigenvalue weighted by Gasteiger charge is -2.04. The summed E-state index contributed by atoms with van der Waals surface area (Å²) in [7, 11) is -3.37. The molecule has 0 fully saturated rings. The van der Waals surface area contributed by atoms with E-state index in [1.54, 1.807) is 24.3 Å². The first-order valence-corrected chi connectivity index (χ1v) is 6.20. The fraction of sp³-hybridized carbons (Fsp3) is 0.333. The zero-order valence-electron chi connectivity index (χ0n) is 7.83. The predicted octanol–water partition coefficient (Wildman–Crippen LogP) is 1.51. The van der Waals surface area contributed by atoms with Gasteiger partial charge in [-0.05, 0) is 19.1 Å². The smallest absolute Gasteiger partial charge is 0.210 e. The van der Waals surface area contributed by atoms with Gasteiger partial charge < -0.3 is 0 Å². The summed E-state index contributed by atoms with van der Waals surface area (Å²) in [6, 6.07) is 6.67. The minimum Gasteiger partial charge on any atom is -0.210 e. The second-order valence-corrected chi connectivity index (χ2v) is 5.04. The van der Waals surface area contributed by atoms with Gasteiger partial charge in [-0.25, -0.2) is 13.1 Å². The van der Waals surface area contributed by atoms with E-state index >= 15 is 0 Å². The maximum atomic E-state index is 11.5. The molecule has 3 nitrogen and oxygen atoms in total. The van der Waals surface area contributed by atoms with Crippen molar-refractivity contribution < 1.29 is 8.42 Å². The number of hydrogen-bond donors (Lipinski definition) is 1. The van der Waals surface area contributed by atoms with Gasteiger partial charge in [0.15, 0.2) is 0 Å². The number of alkyl halides is 1. The molecule has 0 radical (unpaired) electrons. The molecule has 1 rings (SSSR count). The Balaban J connectivity index is 2.87. The molecule has 78 valence electrons. The molecule has 0 saturated heterocycles. The van der Waals surface area contributed by atoms with Gasteiger partial charge in [0.1, 0.15) is 0 Å². The number of benzene rings is 1. The number of rotatable bonds is 4. The fourth-order valence-electron chi connectivity index (χ4n) is 0.974. The molecule has 0 aliphatic carbocycles. The van der Waals surface area contributed by atoms with E-state index in [1.807, 2.05) is 6.92 Å². The normalized spacial score (nSPS) is 11.6. The van der Waals surface area contributed by atoms with Crippen molar-refractivity contribution in [2.75, 3.05) is 12.4 Å². The molecule has 0 atom stereocenters. The van der Waals surface area contributed by atoms with Crippen LogP contribution in [0, 0.1) is 6.92 Å². The Morgan fingerprint density at radius 3 is 2.36 bits per heavy atom. The standard InChI is InChI=1S/C9H12ClNO2S/c1-8-2-4-9(5-3-8)14(12,13)11-7-6-10/h2-5,11H,6-7H2,1H3. The molecule has 0 aliphatic rings. The zero-order valence-corrected chi connectivity index (χ0v) is 9.40. The van der Waals surface area contributed by atoms with Crippen molar-refractivity contribution in [2.24, 2.45) is 0 Å². The lowest BCUT2D eigenvalue weighted by Crippen LogP contribution is -2.25. The second kappa shape index (κ2) is 4.77. The van der Waals surface area contributed by atoms with Crippen LogP contribution in [0.4, 0.5) is 0 Å². The highest BCUT2D eigenvalue weighted by Gasteiger charge is 2.11. The average molecular weight is 234 g/mol. The van der Waals surface area contributed by atoms with Gasteiger partial charge in [-0.1, -0.05) is 17.7 Å². The molecule has 0 aliphatic heterocycles. The summed E-state index contributed by atoms with van der Waals surface area (Å²) in [6.45, 7) is 2.15. The monoisotopic (exact) mass is 233 g/mol. The van der Waals surface area contributed by atoms with Gasteiger partial charge in [0.25, 0.3) is 0 Å². The third kappa shape index (κ3) is 2.97. The molecule has 0 spiro atoms. The Hall–Kier alpha value is -0.580. The van der Waals surface area contributed by atoms with Gasteiger partial charge in [-0.3, -0.25) is 0 Å². The molecule has 1 aromatic rings. The minimum absolute atomic E-state index is 0.248. The van der Waals surface area contributed by atoms with Gasteiger partial charge >= 0.3 is 0 Å². The highest BCUT2D eigenvalue weighted by Crippen LogP contribution is 2.09. The largest absolute Gasteiger partial charge is 0.240 e. The van der Waals surface area contributed by atoms with E-state index in [4.69, 9.17) is 11.6 Å². The van der Waals surface area contributed by atoms with E-state index in [0.717, 1.165) is 5.56 Å². The summed E-state index contributed by atoms with van der Waals surface area (Å²) >= 11 is 5.39. The van der Waals surface area contributed by atoms with E-state index in [9.17, 15) is 8.42 Å². The SMILES string of the molecule is Cc1ccc(S(=O)(=O)NCCCl)cc1. The van der Waals surface area contributed by atoms with Crippen LogP contribution in [0.15, 0.2) is 29.2 Å². The highest BCUT2D eigenvalue weighted by atomic mass is 35.5. The Bertz CT molecular complexity index is 386. The van der Waals surface area contributed by atoms with Crippen LogP contribution < -0.4 is 4.72 Å². The van der Waals surface area contributed by atoms with E-state index in [2.05, 4.69) is 4.72 Å².